The Kier molecular flexibility index (Phi) is 5.82. The summed E-state index contributed by atoms with van der Waals surface area (Å²) in [7, 11) is 0. The number of Topliss-reactive ketones (excluding diaryl/α,β-unsaturated/α-hetero) is 2. The second-order valence-electron chi connectivity index (χ2n) is 4.05. The Morgan fingerprint density at radius 3 is 2.00 bits per heavy atom. The van der Waals surface area contributed by atoms with Crippen molar-refractivity contribution in [3.63, 3.8) is 0 Å². The maximum absolute atomic E-state index is 11.7. The van der Waals surface area contributed by atoms with E-state index in [9.17, 15) is 14.4 Å². The highest BCUT2D eigenvalue weighted by Gasteiger charge is 2.21. The second kappa shape index (κ2) is 6.32. The molecular formula is C11H19NO3. The molecular weight excluding hydrogens is 194 g/mol. The minimum Gasteiger partial charge on any atom is -0.347 e. The molecule has 1 atom stereocenters. The molecule has 4 heteroatoms. The number of nitrogens with one attached hydrogen (secondary N) is 1. The van der Waals surface area contributed by atoms with Gasteiger partial charge in [0.15, 0.2) is 5.78 Å². The summed E-state index contributed by atoms with van der Waals surface area (Å²) in [5.41, 5.74) is 0. The molecule has 15 heavy (non-hydrogen) atoms. The largest absolute Gasteiger partial charge is 0.347 e. The quantitative estimate of drug-likeness (QED) is 0.718. The molecule has 0 spiro atoms. The normalized spacial score (nSPS) is 12.3. The third-order valence-corrected chi connectivity index (χ3v) is 2.08. The Bertz CT molecular complexity index is 259. The molecule has 0 aliphatic rings. The van der Waals surface area contributed by atoms with E-state index in [-0.39, 0.29) is 23.4 Å². The van der Waals surface area contributed by atoms with E-state index in [2.05, 4.69) is 5.32 Å². The third kappa shape index (κ3) is 5.99. The molecule has 0 saturated heterocycles. The van der Waals surface area contributed by atoms with Gasteiger partial charge < -0.3 is 10.1 Å². The van der Waals surface area contributed by atoms with E-state index < -0.39 is 6.04 Å². The Labute approximate surface area is 90.4 Å². The molecule has 0 radical (unpaired) electrons. The van der Waals surface area contributed by atoms with Crippen molar-refractivity contribution in [2.75, 3.05) is 0 Å². The van der Waals surface area contributed by atoms with Crippen LogP contribution in [0, 0.1) is 5.92 Å². The first-order valence-corrected chi connectivity index (χ1v) is 5.14. The van der Waals surface area contributed by atoms with Gasteiger partial charge in [-0.2, -0.15) is 0 Å². The van der Waals surface area contributed by atoms with Crippen molar-refractivity contribution in [1.82, 2.24) is 5.32 Å². The van der Waals surface area contributed by atoms with Gasteiger partial charge >= 0.3 is 0 Å². The van der Waals surface area contributed by atoms with Gasteiger partial charge in [0.2, 0.25) is 5.91 Å². The minimum atomic E-state index is -0.522. The van der Waals surface area contributed by atoms with Gasteiger partial charge in [0.25, 0.3) is 0 Å². The zero-order valence-corrected chi connectivity index (χ0v) is 9.79. The van der Waals surface area contributed by atoms with E-state index in [1.165, 1.54) is 13.8 Å². The molecule has 1 amide bonds. The summed E-state index contributed by atoms with van der Waals surface area (Å²) in [6.07, 6.45) is 0.718. The molecule has 0 heterocycles. The van der Waals surface area contributed by atoms with Gasteiger partial charge in [-0.15, -0.1) is 0 Å². The number of hydrogen-bond donors (Lipinski definition) is 1. The van der Waals surface area contributed by atoms with Gasteiger partial charge in [0.05, 0.1) is 6.04 Å². The highest BCUT2D eigenvalue weighted by molar-refractivity contribution is 5.90. The van der Waals surface area contributed by atoms with E-state index in [1.807, 2.05) is 0 Å². The van der Waals surface area contributed by atoms with Crippen molar-refractivity contribution in [3.05, 3.63) is 0 Å². The molecule has 1 unspecified atom stereocenters. The van der Waals surface area contributed by atoms with Gasteiger partial charge in [-0.25, -0.2) is 0 Å². The molecule has 0 rings (SSSR count). The van der Waals surface area contributed by atoms with E-state index in [0.717, 1.165) is 0 Å². The Morgan fingerprint density at radius 2 is 1.67 bits per heavy atom. The zero-order chi connectivity index (χ0) is 12.0. The van der Waals surface area contributed by atoms with E-state index in [1.54, 1.807) is 13.8 Å². The average Bonchev–Trinajstić information content (AvgIpc) is 2.10. The first-order valence-electron chi connectivity index (χ1n) is 5.14. The van der Waals surface area contributed by atoms with Crippen LogP contribution in [0.25, 0.3) is 0 Å². The van der Waals surface area contributed by atoms with Crippen molar-refractivity contribution >= 4 is 17.5 Å². The standard InChI is InChI=1S/C11H19NO3/c1-7(2)11(15)10(12-9(4)14)6-5-8(3)13/h7,10H,5-6H2,1-4H3,(H,12,14). The fourth-order valence-electron chi connectivity index (χ4n) is 1.28. The summed E-state index contributed by atoms with van der Waals surface area (Å²) >= 11 is 0. The number of carbonyl (C=O) groups is 3. The van der Waals surface area contributed by atoms with Crippen LogP contribution < -0.4 is 5.32 Å². The Morgan fingerprint density at radius 1 is 1.13 bits per heavy atom. The first-order chi connectivity index (χ1) is 6.84. The van der Waals surface area contributed by atoms with Crippen LogP contribution in [-0.4, -0.2) is 23.5 Å². The predicted molar refractivity (Wildman–Crippen MR) is 57.4 cm³/mol. The topological polar surface area (TPSA) is 63.2 Å². The molecule has 0 saturated carbocycles. The summed E-state index contributed by atoms with van der Waals surface area (Å²) < 4.78 is 0. The van der Waals surface area contributed by atoms with Gasteiger partial charge in [-0.05, 0) is 13.3 Å². The van der Waals surface area contributed by atoms with Crippen molar-refractivity contribution in [3.8, 4) is 0 Å². The predicted octanol–water partition coefficient (Wildman–Crippen LogP) is 1.09. The van der Waals surface area contributed by atoms with Crippen LogP contribution in [0.2, 0.25) is 0 Å². The lowest BCUT2D eigenvalue weighted by molar-refractivity contribution is -0.129. The number of hydrogen-bond acceptors (Lipinski definition) is 3. The molecule has 0 aliphatic heterocycles. The highest BCUT2D eigenvalue weighted by atomic mass is 16.2. The van der Waals surface area contributed by atoms with Crippen molar-refractivity contribution in [2.45, 2.75) is 46.6 Å². The van der Waals surface area contributed by atoms with Gasteiger partial charge in [-0.3, -0.25) is 9.59 Å². The maximum Gasteiger partial charge on any atom is 0.217 e. The molecule has 4 nitrogen and oxygen atoms in total. The number of rotatable bonds is 6. The molecule has 0 fully saturated rings. The van der Waals surface area contributed by atoms with Crippen LogP contribution in [0.5, 0.6) is 0 Å². The lowest BCUT2D eigenvalue weighted by Crippen LogP contribution is -2.41. The molecule has 0 aromatic carbocycles. The van der Waals surface area contributed by atoms with Crippen molar-refractivity contribution in [1.29, 1.82) is 0 Å². The molecule has 86 valence electrons. The SMILES string of the molecule is CC(=O)CCC(NC(C)=O)C(=O)C(C)C. The fraction of sp³-hybridized carbons (Fsp3) is 0.727. The molecule has 0 aliphatic carbocycles. The van der Waals surface area contributed by atoms with Crippen LogP contribution >= 0.6 is 0 Å². The smallest absolute Gasteiger partial charge is 0.217 e. The summed E-state index contributed by atoms with van der Waals surface area (Å²) in [6.45, 7) is 6.41. The summed E-state index contributed by atoms with van der Waals surface area (Å²) in [4.78, 5) is 33.3. The summed E-state index contributed by atoms with van der Waals surface area (Å²) in [6, 6.07) is -0.522. The average molecular weight is 213 g/mol. The fourth-order valence-corrected chi connectivity index (χ4v) is 1.28. The van der Waals surface area contributed by atoms with Crippen molar-refractivity contribution in [2.24, 2.45) is 5.92 Å². The van der Waals surface area contributed by atoms with Crippen LogP contribution in [0.4, 0.5) is 0 Å². The molecule has 0 aromatic rings. The molecule has 1 N–H and O–H groups in total. The van der Waals surface area contributed by atoms with E-state index in [0.29, 0.717) is 12.8 Å². The van der Waals surface area contributed by atoms with Gasteiger partial charge in [0, 0.05) is 19.3 Å². The molecule has 0 bridgehead atoms. The number of carbonyl (C=O) groups excluding carboxylic acids is 3. The Hall–Kier alpha value is -1.19. The lowest BCUT2D eigenvalue weighted by Gasteiger charge is -2.17. The molecule has 0 aromatic heterocycles. The van der Waals surface area contributed by atoms with E-state index >= 15 is 0 Å². The maximum atomic E-state index is 11.7. The number of amides is 1. The van der Waals surface area contributed by atoms with Gasteiger partial charge in [0.1, 0.15) is 5.78 Å². The van der Waals surface area contributed by atoms with Crippen LogP contribution in [0.3, 0.4) is 0 Å². The first kappa shape index (κ1) is 13.8. The van der Waals surface area contributed by atoms with Crippen LogP contribution in [0.15, 0.2) is 0 Å². The highest BCUT2D eigenvalue weighted by Crippen LogP contribution is 2.06. The van der Waals surface area contributed by atoms with Crippen molar-refractivity contribution < 1.29 is 14.4 Å². The van der Waals surface area contributed by atoms with Gasteiger partial charge in [-0.1, -0.05) is 13.8 Å². The minimum absolute atomic E-state index is 0.0218. The van der Waals surface area contributed by atoms with E-state index in [4.69, 9.17) is 0 Å². The second-order valence-corrected chi connectivity index (χ2v) is 4.05. The summed E-state index contributed by atoms with van der Waals surface area (Å²) in [5, 5.41) is 2.58. The number of ketones is 2. The monoisotopic (exact) mass is 213 g/mol. The van der Waals surface area contributed by atoms with Crippen LogP contribution in [-0.2, 0) is 14.4 Å². The van der Waals surface area contributed by atoms with Crippen LogP contribution in [0.1, 0.15) is 40.5 Å². The lowest BCUT2D eigenvalue weighted by atomic mass is 9.97. The zero-order valence-electron chi connectivity index (χ0n) is 9.79. The Balaban J connectivity index is 4.36. The third-order valence-electron chi connectivity index (χ3n) is 2.08. The summed E-state index contributed by atoms with van der Waals surface area (Å²) in [5.74, 6) is -0.361.